The van der Waals surface area contributed by atoms with Crippen LogP contribution in [0.3, 0.4) is 0 Å². The number of amides is 1. The van der Waals surface area contributed by atoms with Gasteiger partial charge in [0, 0.05) is 11.1 Å². The molecule has 0 heterocycles. The Balaban J connectivity index is 1.87. The van der Waals surface area contributed by atoms with Gasteiger partial charge >= 0.3 is 0 Å². The highest BCUT2D eigenvalue weighted by atomic mass is 32.2. The molecule has 6 heteroatoms. The summed E-state index contributed by atoms with van der Waals surface area (Å²) in [7, 11) is -3.97. The molecule has 174 valence electrons. The van der Waals surface area contributed by atoms with Gasteiger partial charge in [-0.2, -0.15) is 0 Å². The Morgan fingerprint density at radius 2 is 1.67 bits per heavy atom. The predicted octanol–water partition coefficient (Wildman–Crippen LogP) is 5.95. The maximum atomic E-state index is 12.9. The van der Waals surface area contributed by atoms with Crippen molar-refractivity contribution in [3.63, 3.8) is 0 Å². The van der Waals surface area contributed by atoms with Gasteiger partial charge in [0.25, 0.3) is 15.9 Å². The van der Waals surface area contributed by atoms with Crippen molar-refractivity contribution in [2.75, 3.05) is 6.61 Å². The third-order valence-corrected chi connectivity index (χ3v) is 6.82. The smallest absolute Gasteiger partial charge is 0.265 e. The van der Waals surface area contributed by atoms with E-state index in [1.165, 1.54) is 12.1 Å². The molecule has 0 saturated carbocycles. The summed E-state index contributed by atoms with van der Waals surface area (Å²) in [6.45, 7) is 8.69. The number of ether oxygens (including phenoxy) is 1. The van der Waals surface area contributed by atoms with Gasteiger partial charge in [-0.1, -0.05) is 70.2 Å². The topological polar surface area (TPSA) is 72.5 Å². The first-order valence-electron chi connectivity index (χ1n) is 11.3. The number of sulfonamides is 1. The number of rotatable bonds is 9. The third-order valence-electron chi connectivity index (χ3n) is 5.47. The molecule has 0 unspecified atom stereocenters. The lowest BCUT2D eigenvalue weighted by molar-refractivity contribution is 0.0980. The Morgan fingerprint density at radius 3 is 2.30 bits per heavy atom. The minimum absolute atomic E-state index is 0.0666. The van der Waals surface area contributed by atoms with E-state index in [0.29, 0.717) is 24.5 Å². The van der Waals surface area contributed by atoms with E-state index in [1.807, 2.05) is 57.2 Å². The number of carbonyl (C=O) groups excluding carboxylic acids is 1. The molecule has 1 amide bonds. The fourth-order valence-electron chi connectivity index (χ4n) is 3.59. The maximum Gasteiger partial charge on any atom is 0.265 e. The van der Waals surface area contributed by atoms with Crippen LogP contribution in [-0.4, -0.2) is 20.9 Å². The van der Waals surface area contributed by atoms with Gasteiger partial charge in [-0.15, -0.1) is 0 Å². The molecule has 33 heavy (non-hydrogen) atoms. The molecule has 0 aliphatic heterocycles. The Hall–Kier alpha value is -3.12. The van der Waals surface area contributed by atoms with Crippen molar-refractivity contribution in [2.45, 2.75) is 51.3 Å². The number of hydrogen-bond acceptors (Lipinski definition) is 4. The summed E-state index contributed by atoms with van der Waals surface area (Å²) in [5, 5.41) is 0. The Kier molecular flexibility index (Phi) is 7.92. The second-order valence-corrected chi connectivity index (χ2v) is 9.91. The van der Waals surface area contributed by atoms with Crippen LogP contribution in [0.1, 0.15) is 61.5 Å². The van der Waals surface area contributed by atoms with Crippen LogP contribution < -0.4 is 9.46 Å². The predicted molar refractivity (Wildman–Crippen MR) is 132 cm³/mol. The molecule has 0 saturated heterocycles. The fraction of sp³-hybridized carbons (Fsp3) is 0.296. The van der Waals surface area contributed by atoms with Crippen molar-refractivity contribution < 1.29 is 17.9 Å². The van der Waals surface area contributed by atoms with Crippen molar-refractivity contribution in [2.24, 2.45) is 0 Å². The zero-order valence-electron chi connectivity index (χ0n) is 19.6. The number of para-hydroxylation sites is 1. The Labute approximate surface area is 196 Å². The number of nitrogens with one attached hydrogen (secondary N) is 1. The van der Waals surface area contributed by atoms with E-state index in [-0.39, 0.29) is 4.90 Å². The summed E-state index contributed by atoms with van der Waals surface area (Å²) < 4.78 is 33.7. The zero-order chi connectivity index (χ0) is 24.0. The summed E-state index contributed by atoms with van der Waals surface area (Å²) in [4.78, 5) is 13.0. The monoisotopic (exact) mass is 465 g/mol. The van der Waals surface area contributed by atoms with Crippen LogP contribution >= 0.6 is 0 Å². The van der Waals surface area contributed by atoms with Crippen molar-refractivity contribution >= 4 is 15.9 Å². The maximum absolute atomic E-state index is 12.9. The van der Waals surface area contributed by atoms with E-state index in [0.717, 1.165) is 34.4 Å². The molecule has 3 aromatic rings. The third kappa shape index (κ3) is 5.82. The molecule has 0 aromatic heterocycles. The Bertz CT molecular complexity index is 1220. The van der Waals surface area contributed by atoms with Gasteiger partial charge in [0.05, 0.1) is 11.5 Å². The van der Waals surface area contributed by atoms with Gasteiger partial charge in [-0.05, 0) is 59.7 Å². The van der Waals surface area contributed by atoms with Crippen LogP contribution in [0.15, 0.2) is 71.6 Å². The van der Waals surface area contributed by atoms with Crippen molar-refractivity contribution in [3.05, 3.63) is 83.4 Å². The number of hydrogen-bond donors (Lipinski definition) is 1. The first-order chi connectivity index (χ1) is 15.8. The van der Waals surface area contributed by atoms with Crippen LogP contribution in [0.25, 0.3) is 11.1 Å². The molecule has 0 aliphatic rings. The molecule has 0 aliphatic carbocycles. The lowest BCUT2D eigenvalue weighted by Crippen LogP contribution is -2.31. The van der Waals surface area contributed by atoms with Crippen LogP contribution in [0.5, 0.6) is 5.75 Å². The summed E-state index contributed by atoms with van der Waals surface area (Å²) in [5.74, 6) is 0.437. The highest BCUT2D eigenvalue weighted by Gasteiger charge is 2.21. The molecular weight excluding hydrogens is 434 g/mol. The SMILES string of the molecule is CCCOc1ccccc1-c1ccc(C(=O)NS(=O)(=O)c2ccc(C(C)C)cc2)c(CC)c1. The number of aryl methyl sites for hydroxylation is 1. The lowest BCUT2D eigenvalue weighted by atomic mass is 9.97. The van der Waals surface area contributed by atoms with E-state index in [1.54, 1.807) is 18.2 Å². The highest BCUT2D eigenvalue weighted by molar-refractivity contribution is 7.90. The molecule has 5 nitrogen and oxygen atoms in total. The van der Waals surface area contributed by atoms with Gasteiger partial charge in [-0.25, -0.2) is 13.1 Å². The molecule has 0 atom stereocenters. The minimum Gasteiger partial charge on any atom is -0.493 e. The molecule has 0 spiro atoms. The van der Waals surface area contributed by atoms with E-state index in [4.69, 9.17) is 4.74 Å². The first-order valence-corrected chi connectivity index (χ1v) is 12.8. The van der Waals surface area contributed by atoms with Crippen molar-refractivity contribution in [1.82, 2.24) is 4.72 Å². The standard InChI is InChI=1S/C27H31NO4S/c1-5-17-32-26-10-8-7-9-24(26)22-13-16-25(20(6-2)18-22)27(29)28-33(30,31)23-14-11-21(12-15-23)19(3)4/h7-16,18-19H,5-6,17H2,1-4H3,(H,28,29). The molecule has 3 aromatic carbocycles. The van der Waals surface area contributed by atoms with Gasteiger partial charge in [-0.3, -0.25) is 4.79 Å². The molecule has 0 fully saturated rings. The van der Waals surface area contributed by atoms with Gasteiger partial charge in [0.15, 0.2) is 0 Å². The minimum atomic E-state index is -3.97. The fourth-order valence-corrected chi connectivity index (χ4v) is 4.55. The second-order valence-electron chi connectivity index (χ2n) is 8.23. The highest BCUT2D eigenvalue weighted by Crippen LogP contribution is 2.31. The molecule has 0 radical (unpaired) electrons. The summed E-state index contributed by atoms with van der Waals surface area (Å²) in [5.41, 5.74) is 4.00. The van der Waals surface area contributed by atoms with Crippen molar-refractivity contribution in [3.8, 4) is 16.9 Å². The van der Waals surface area contributed by atoms with Crippen molar-refractivity contribution in [1.29, 1.82) is 0 Å². The molecule has 0 bridgehead atoms. The summed E-state index contributed by atoms with van der Waals surface area (Å²) in [6.07, 6.45) is 1.49. The average Bonchev–Trinajstić information content (AvgIpc) is 2.82. The summed E-state index contributed by atoms with van der Waals surface area (Å²) in [6, 6.07) is 19.8. The molecule has 1 N–H and O–H groups in total. The quantitative estimate of drug-likeness (QED) is 0.424. The lowest BCUT2D eigenvalue weighted by Gasteiger charge is -2.14. The molecular formula is C27H31NO4S. The van der Waals surface area contributed by atoms with Crippen LogP contribution in [0.4, 0.5) is 0 Å². The van der Waals surface area contributed by atoms with E-state index >= 15 is 0 Å². The number of carbonyl (C=O) groups is 1. The van der Waals surface area contributed by atoms with Crippen LogP contribution in [-0.2, 0) is 16.4 Å². The van der Waals surface area contributed by atoms with E-state index in [9.17, 15) is 13.2 Å². The normalized spacial score (nSPS) is 11.4. The average molecular weight is 466 g/mol. The van der Waals surface area contributed by atoms with Gasteiger partial charge in [0.1, 0.15) is 5.75 Å². The number of benzene rings is 3. The second kappa shape index (κ2) is 10.7. The first kappa shape index (κ1) is 24.5. The largest absolute Gasteiger partial charge is 0.493 e. The van der Waals surface area contributed by atoms with E-state index < -0.39 is 15.9 Å². The molecule has 3 rings (SSSR count). The van der Waals surface area contributed by atoms with Crippen LogP contribution in [0, 0.1) is 0 Å². The zero-order valence-corrected chi connectivity index (χ0v) is 20.4. The van der Waals surface area contributed by atoms with Gasteiger partial charge in [0.2, 0.25) is 0 Å². The van der Waals surface area contributed by atoms with Crippen LogP contribution in [0.2, 0.25) is 0 Å². The van der Waals surface area contributed by atoms with E-state index in [2.05, 4.69) is 11.6 Å². The summed E-state index contributed by atoms with van der Waals surface area (Å²) >= 11 is 0. The Morgan fingerprint density at radius 1 is 0.970 bits per heavy atom. The van der Waals surface area contributed by atoms with Gasteiger partial charge < -0.3 is 4.74 Å².